The minimum atomic E-state index is -0.339. The highest BCUT2D eigenvalue weighted by Gasteiger charge is 2.14. The molecule has 30 heavy (non-hydrogen) atoms. The fraction of sp³-hybridized carbons (Fsp3) is 0.375. The maximum atomic E-state index is 12.8. The van der Waals surface area contributed by atoms with E-state index in [0.717, 1.165) is 26.9 Å². The van der Waals surface area contributed by atoms with E-state index in [2.05, 4.69) is 31.0 Å². The molecule has 0 fully saturated rings. The van der Waals surface area contributed by atoms with E-state index in [4.69, 9.17) is 4.74 Å². The second-order valence-electron chi connectivity index (χ2n) is 7.77. The van der Waals surface area contributed by atoms with Crippen LogP contribution in [0.25, 0.3) is 10.2 Å². The van der Waals surface area contributed by atoms with Gasteiger partial charge in [0.25, 0.3) is 5.91 Å². The third-order valence-electron chi connectivity index (χ3n) is 5.03. The first kappa shape index (κ1) is 22.0. The molecule has 5 nitrogen and oxygen atoms in total. The molecule has 1 amide bonds. The second-order valence-corrected chi connectivity index (χ2v) is 8.78. The largest absolute Gasteiger partial charge is 0.465 e. The van der Waals surface area contributed by atoms with E-state index in [1.165, 1.54) is 16.9 Å². The summed E-state index contributed by atoms with van der Waals surface area (Å²) < 4.78 is 7.91. The second kappa shape index (κ2) is 9.39. The number of carbonyl (C=O) groups is 2. The van der Waals surface area contributed by atoms with Crippen LogP contribution in [0.4, 0.5) is 0 Å². The number of amides is 1. The average Bonchev–Trinajstić information content (AvgIpc) is 3.01. The van der Waals surface area contributed by atoms with Gasteiger partial charge in [-0.2, -0.15) is 4.99 Å². The molecular formula is C24H28N2O3S. The highest BCUT2D eigenvalue weighted by molar-refractivity contribution is 7.16. The predicted octanol–water partition coefficient (Wildman–Crippen LogP) is 4.68. The minimum Gasteiger partial charge on any atom is -0.465 e. The summed E-state index contributed by atoms with van der Waals surface area (Å²) in [6.07, 6.45) is 0.235. The van der Waals surface area contributed by atoms with Crippen molar-refractivity contribution in [3.8, 4) is 0 Å². The monoisotopic (exact) mass is 424 g/mol. The topological polar surface area (TPSA) is 60.7 Å². The molecule has 158 valence electrons. The van der Waals surface area contributed by atoms with Crippen LogP contribution in [-0.2, 0) is 27.3 Å². The maximum Gasteiger partial charge on any atom is 0.326 e. The van der Waals surface area contributed by atoms with Crippen LogP contribution in [0, 0.1) is 13.8 Å². The fourth-order valence-corrected chi connectivity index (χ4v) is 4.42. The van der Waals surface area contributed by atoms with E-state index in [0.29, 0.717) is 17.3 Å². The molecule has 0 radical (unpaired) electrons. The van der Waals surface area contributed by atoms with Crippen molar-refractivity contribution < 1.29 is 14.3 Å². The Hall–Kier alpha value is -2.73. The number of aromatic nitrogens is 1. The first-order chi connectivity index (χ1) is 14.3. The summed E-state index contributed by atoms with van der Waals surface area (Å²) in [5.74, 6) is -0.174. The zero-order valence-electron chi connectivity index (χ0n) is 18.2. The molecule has 0 unspecified atom stereocenters. The Morgan fingerprint density at radius 1 is 1.13 bits per heavy atom. The van der Waals surface area contributed by atoms with Crippen molar-refractivity contribution in [2.24, 2.45) is 4.99 Å². The van der Waals surface area contributed by atoms with E-state index >= 15 is 0 Å². The summed E-state index contributed by atoms with van der Waals surface area (Å²) in [5, 5.41) is 0. The number of benzene rings is 2. The quantitative estimate of drug-likeness (QED) is 0.540. The van der Waals surface area contributed by atoms with Gasteiger partial charge in [-0.1, -0.05) is 55.0 Å². The zero-order valence-corrected chi connectivity index (χ0v) is 19.0. The number of carbonyl (C=O) groups excluding carboxylic acids is 2. The Morgan fingerprint density at radius 3 is 2.60 bits per heavy atom. The van der Waals surface area contributed by atoms with Crippen molar-refractivity contribution in [1.82, 2.24) is 4.57 Å². The van der Waals surface area contributed by atoms with Gasteiger partial charge in [-0.05, 0) is 55.5 Å². The summed E-state index contributed by atoms with van der Waals surface area (Å²) in [4.78, 5) is 29.9. The van der Waals surface area contributed by atoms with E-state index in [1.54, 1.807) is 11.5 Å². The molecule has 0 bridgehead atoms. The summed E-state index contributed by atoms with van der Waals surface area (Å²) in [6.45, 7) is 10.4. The fourth-order valence-electron chi connectivity index (χ4n) is 3.32. The molecule has 0 saturated heterocycles. The van der Waals surface area contributed by atoms with Gasteiger partial charge in [-0.3, -0.25) is 9.59 Å². The average molecular weight is 425 g/mol. The van der Waals surface area contributed by atoms with Gasteiger partial charge >= 0.3 is 5.97 Å². The lowest BCUT2D eigenvalue weighted by Crippen LogP contribution is -2.23. The van der Waals surface area contributed by atoms with E-state index < -0.39 is 0 Å². The van der Waals surface area contributed by atoms with Crippen LogP contribution in [0.3, 0.4) is 0 Å². The van der Waals surface area contributed by atoms with Gasteiger partial charge < -0.3 is 9.30 Å². The van der Waals surface area contributed by atoms with Crippen molar-refractivity contribution >= 4 is 33.4 Å². The summed E-state index contributed by atoms with van der Waals surface area (Å²) in [6, 6.07) is 12.2. The van der Waals surface area contributed by atoms with Gasteiger partial charge in [-0.15, -0.1) is 0 Å². The number of rotatable bonds is 6. The Morgan fingerprint density at radius 2 is 1.90 bits per heavy atom. The highest BCUT2D eigenvalue weighted by Crippen LogP contribution is 2.24. The first-order valence-electron chi connectivity index (χ1n) is 10.2. The number of fused-ring (bicyclic) bond motifs is 1. The number of hydrogen-bond acceptors (Lipinski definition) is 4. The van der Waals surface area contributed by atoms with Crippen molar-refractivity contribution in [3.05, 3.63) is 63.5 Å². The van der Waals surface area contributed by atoms with Crippen molar-refractivity contribution in [1.29, 1.82) is 0 Å². The molecule has 0 spiro atoms. The number of aryl methyl sites for hydroxylation is 2. The molecule has 1 heterocycles. The summed E-state index contributed by atoms with van der Waals surface area (Å²) >= 11 is 1.43. The molecule has 6 heteroatoms. The van der Waals surface area contributed by atoms with Crippen LogP contribution in [0.1, 0.15) is 48.9 Å². The Balaban J connectivity index is 2.04. The van der Waals surface area contributed by atoms with Gasteiger partial charge in [0, 0.05) is 0 Å². The van der Waals surface area contributed by atoms with Crippen molar-refractivity contribution in [2.75, 3.05) is 6.61 Å². The summed E-state index contributed by atoms with van der Waals surface area (Å²) in [5.41, 5.74) is 5.25. The standard InChI is InChI=1S/C24H28N2O3S/c1-6-29-23(28)14-26-20-10-9-18(15(2)3)12-21(20)30-24(26)25-22(27)13-19-11-16(4)7-8-17(19)5/h7-12,15H,6,13-14H2,1-5H3. The molecule has 0 N–H and O–H groups in total. The minimum absolute atomic E-state index is 0.0322. The van der Waals surface area contributed by atoms with Crippen molar-refractivity contribution in [2.45, 2.75) is 53.5 Å². The van der Waals surface area contributed by atoms with Gasteiger partial charge in [0.1, 0.15) is 6.54 Å². The van der Waals surface area contributed by atoms with E-state index in [-0.39, 0.29) is 24.8 Å². The lowest BCUT2D eigenvalue weighted by molar-refractivity contribution is -0.143. The molecule has 0 saturated carbocycles. The van der Waals surface area contributed by atoms with Crippen LogP contribution in [-0.4, -0.2) is 23.1 Å². The first-order valence-corrected chi connectivity index (χ1v) is 11.0. The number of esters is 1. The van der Waals surface area contributed by atoms with Crippen LogP contribution in [0.15, 0.2) is 41.4 Å². The van der Waals surface area contributed by atoms with Gasteiger partial charge in [0.2, 0.25) is 0 Å². The SMILES string of the molecule is CCOC(=O)Cn1c(=NC(=O)Cc2cc(C)ccc2C)sc2cc(C(C)C)ccc21. The van der Waals surface area contributed by atoms with Crippen LogP contribution in [0.5, 0.6) is 0 Å². The van der Waals surface area contributed by atoms with Gasteiger partial charge in [-0.25, -0.2) is 0 Å². The highest BCUT2D eigenvalue weighted by atomic mass is 32.1. The molecular weight excluding hydrogens is 396 g/mol. The number of thiazole rings is 1. The van der Waals surface area contributed by atoms with Crippen LogP contribution >= 0.6 is 11.3 Å². The Kier molecular flexibility index (Phi) is 6.87. The molecule has 3 rings (SSSR count). The molecule has 0 aliphatic carbocycles. The van der Waals surface area contributed by atoms with Crippen molar-refractivity contribution in [3.63, 3.8) is 0 Å². The molecule has 0 atom stereocenters. The Bertz CT molecular complexity index is 1150. The van der Waals surface area contributed by atoms with E-state index in [9.17, 15) is 9.59 Å². The Labute approximate surface area is 181 Å². The van der Waals surface area contributed by atoms with Gasteiger partial charge in [0.05, 0.1) is 23.2 Å². The van der Waals surface area contributed by atoms with E-state index in [1.807, 2.05) is 38.1 Å². The lowest BCUT2D eigenvalue weighted by atomic mass is 10.0. The predicted molar refractivity (Wildman–Crippen MR) is 121 cm³/mol. The lowest BCUT2D eigenvalue weighted by Gasteiger charge is -2.07. The molecule has 1 aromatic heterocycles. The van der Waals surface area contributed by atoms with Crippen LogP contribution in [0.2, 0.25) is 0 Å². The summed E-state index contributed by atoms with van der Waals surface area (Å²) in [7, 11) is 0. The molecule has 0 aliphatic rings. The zero-order chi connectivity index (χ0) is 21.8. The normalized spacial score (nSPS) is 12.0. The molecule has 0 aliphatic heterocycles. The number of hydrogen-bond donors (Lipinski definition) is 0. The third-order valence-corrected chi connectivity index (χ3v) is 6.07. The van der Waals surface area contributed by atoms with Crippen LogP contribution < -0.4 is 4.80 Å². The molecule has 3 aromatic rings. The molecule has 2 aromatic carbocycles. The number of ether oxygens (including phenoxy) is 1. The smallest absolute Gasteiger partial charge is 0.326 e. The third kappa shape index (κ3) is 5.05. The van der Waals surface area contributed by atoms with Gasteiger partial charge in [0.15, 0.2) is 4.80 Å². The maximum absolute atomic E-state index is 12.8. The number of nitrogens with zero attached hydrogens (tertiary/aromatic N) is 2.